The third-order valence-corrected chi connectivity index (χ3v) is 28.8. The van der Waals surface area contributed by atoms with Gasteiger partial charge in [0.2, 0.25) is 0 Å². The van der Waals surface area contributed by atoms with E-state index in [4.69, 9.17) is 0 Å². The number of rotatable bonds is 13. The van der Waals surface area contributed by atoms with Gasteiger partial charge in [0.1, 0.15) is 0 Å². The van der Waals surface area contributed by atoms with E-state index < -0.39 is 0 Å². The minimum absolute atomic E-state index is 0.996. The van der Waals surface area contributed by atoms with E-state index in [9.17, 15) is 0 Å². The first-order valence-electron chi connectivity index (χ1n) is 53.0. The van der Waals surface area contributed by atoms with Gasteiger partial charge in [-0.05, 0) is 243 Å². The van der Waals surface area contributed by atoms with E-state index in [-0.39, 0.29) is 0 Å². The minimum atomic E-state index is 0.996. The van der Waals surface area contributed by atoms with Gasteiger partial charge in [0, 0.05) is 236 Å². The molecule has 138 heavy (non-hydrogen) atoms. The maximum Gasteiger partial charge on any atom is 0.0240 e. The topological polar surface area (TPSA) is 185 Å². The Morgan fingerprint density at radius 2 is 0.457 bits per heavy atom. The van der Waals surface area contributed by atoms with Gasteiger partial charge in [0.15, 0.2) is 0 Å². The summed E-state index contributed by atoms with van der Waals surface area (Å²) in [7, 11) is 0. The molecule has 0 radical (unpaired) electrons. The molecule has 0 amide bonds. The lowest BCUT2D eigenvalue weighted by atomic mass is 9.90. The number of aryl methyl sites for hydroxylation is 1. The average Bonchev–Trinajstić information content (AvgIpc) is 0.750. The molecular formula is C119H157N19. The van der Waals surface area contributed by atoms with Crippen LogP contribution in [0.1, 0.15) is 72.8 Å². The van der Waals surface area contributed by atoms with Crippen molar-refractivity contribution in [2.75, 3.05) is 255 Å². The predicted molar refractivity (Wildman–Crippen MR) is 592 cm³/mol. The summed E-state index contributed by atoms with van der Waals surface area (Å²) in [6.45, 7) is 46.1. The standard InChI is InChI=1S/C29H37N3.C27H34N4.C25H30N4.2C19H28N4/c1-3-16-30-17-18-31-19-22-32(20-4-1)21-5-2-7-23-10-11-26-13-12-24-8-6-9-25-14-15-27(23)29(26)28(24)25;1-4-21-6-7-23-8-9-24(25-11-10-22(5-1)26(21)27(23)25)20-31-18-3-14-29-16-15-28-12-2-13-30-17-19-31;1-2-19-4-5-21-6-7-22(23-9-8-20(3-1)24(19)25(21)23)18-29-16-14-27-12-10-26-11-13-28-15-17-29;1-2-7-19-17(4-1)5-3-6-18(19)16-23-14-12-21-10-8-20-9-11-22-13-15-23;1-2-4-19-15-17(5-6-18(19)3-1)16-23-13-11-21-9-7-20-8-10-22-12-14-23/h6,8-15,30-31H,1-5,7,16-22H2;1,4-11,28-30H,2-3,12-20H2;1-9,26-28H,10-18H2;1-7,20-22H,8-16H2;1-6,15,20-22H,7-14,16H2. The van der Waals surface area contributed by atoms with Gasteiger partial charge in [-0.15, -0.1) is 0 Å². The Hall–Kier alpha value is -9.60. The summed E-state index contributed by atoms with van der Waals surface area (Å²) in [5.41, 5.74) is 7.22. The molecule has 0 aliphatic carbocycles. The van der Waals surface area contributed by atoms with Gasteiger partial charge < -0.3 is 79.3 Å². The highest BCUT2D eigenvalue weighted by atomic mass is 15.2. The van der Waals surface area contributed by atoms with Gasteiger partial charge >= 0.3 is 0 Å². The molecule has 14 N–H and O–H groups in total. The summed E-state index contributed by atoms with van der Waals surface area (Å²) in [6, 6.07) is 92.3. The summed E-state index contributed by atoms with van der Waals surface area (Å²) in [5, 5.41) is 79.8. The number of hydrogen-bond acceptors (Lipinski definition) is 19. The second kappa shape index (κ2) is 55.0. The van der Waals surface area contributed by atoms with Crippen LogP contribution in [0.2, 0.25) is 0 Å². The molecule has 5 heterocycles. The number of benzene rings is 16. The van der Waals surface area contributed by atoms with Crippen LogP contribution in [0, 0.1) is 0 Å². The molecule has 0 unspecified atom stereocenters. The van der Waals surface area contributed by atoms with Crippen LogP contribution in [0.4, 0.5) is 0 Å². The van der Waals surface area contributed by atoms with Gasteiger partial charge in [-0.25, -0.2) is 0 Å². The molecule has 728 valence electrons. The van der Waals surface area contributed by atoms with Crippen LogP contribution in [0.15, 0.2) is 249 Å². The third kappa shape index (κ3) is 29.1. The van der Waals surface area contributed by atoms with E-state index in [1.165, 1.54) is 224 Å². The van der Waals surface area contributed by atoms with Crippen LogP contribution in [0.3, 0.4) is 0 Å². The monoisotopic (exact) mass is 1850 g/mol. The first-order valence-corrected chi connectivity index (χ1v) is 53.0. The van der Waals surface area contributed by atoms with Crippen molar-refractivity contribution in [3.63, 3.8) is 0 Å². The van der Waals surface area contributed by atoms with E-state index in [0.717, 1.165) is 255 Å². The van der Waals surface area contributed by atoms with Gasteiger partial charge in [-0.2, -0.15) is 0 Å². The number of fused-ring (bicyclic) bond motifs is 2. The normalized spacial score (nSPS) is 18.5. The molecule has 0 atom stereocenters. The quantitative estimate of drug-likeness (QED) is 0.0386. The second-order valence-corrected chi connectivity index (χ2v) is 38.7. The van der Waals surface area contributed by atoms with E-state index in [1.807, 2.05) is 0 Å². The van der Waals surface area contributed by atoms with E-state index in [1.54, 1.807) is 0 Å². The van der Waals surface area contributed by atoms with Crippen LogP contribution >= 0.6 is 0 Å². The zero-order chi connectivity index (χ0) is 93.4. The van der Waals surface area contributed by atoms with Crippen LogP contribution in [0.25, 0.3) is 118 Å². The molecule has 0 saturated carbocycles. The first-order chi connectivity index (χ1) is 68.5. The van der Waals surface area contributed by atoms with Crippen molar-refractivity contribution in [3.05, 3.63) is 277 Å². The maximum atomic E-state index is 3.64. The summed E-state index contributed by atoms with van der Waals surface area (Å²) in [6.07, 6.45) is 10.1. The Balaban J connectivity index is 0.000000120. The molecule has 16 aromatic carbocycles. The zero-order valence-electron chi connectivity index (χ0n) is 82.5. The van der Waals surface area contributed by atoms with Gasteiger partial charge in [0.05, 0.1) is 0 Å². The molecule has 19 nitrogen and oxygen atoms in total. The Kier molecular flexibility index (Phi) is 39.8. The van der Waals surface area contributed by atoms with Crippen molar-refractivity contribution in [1.29, 1.82) is 0 Å². The van der Waals surface area contributed by atoms with Crippen molar-refractivity contribution in [2.45, 2.75) is 77.5 Å². The van der Waals surface area contributed by atoms with E-state index in [0.29, 0.717) is 0 Å². The summed E-state index contributed by atoms with van der Waals surface area (Å²) < 4.78 is 0. The molecule has 5 fully saturated rings. The molecule has 19 heteroatoms. The molecule has 5 aliphatic rings. The first kappa shape index (κ1) is 99.9. The zero-order valence-corrected chi connectivity index (χ0v) is 82.5. The van der Waals surface area contributed by atoms with E-state index in [2.05, 4.69) is 348 Å². The van der Waals surface area contributed by atoms with Crippen LogP contribution in [-0.2, 0) is 32.6 Å². The lowest BCUT2D eigenvalue weighted by Crippen LogP contribution is -2.41. The highest BCUT2D eigenvalue weighted by Gasteiger charge is 2.20. The molecule has 0 aromatic heterocycles. The Labute approximate surface area is 821 Å². The van der Waals surface area contributed by atoms with Crippen molar-refractivity contribution < 1.29 is 0 Å². The minimum Gasteiger partial charge on any atom is -0.315 e. The lowest BCUT2D eigenvalue weighted by Gasteiger charge is -2.25. The SMILES string of the molecule is c1cc2ccc3ccc(CCCCN4CCCCCNCCNCC4)c4ccc(c1)c2c34.c1cc2ccc3ccc(CN4CCCNCCNCCCNCC4)c4ccc(c1)c2c34.c1cc2ccc3ccc(CN4CCNCCNCCNCC4)c4ccc(c1)c2c34.c1ccc2c(CN3CCNCCNCCNCC3)cccc2c1.c1ccc2cc(CN3CCNCCNCCNCC3)ccc2c1. The summed E-state index contributed by atoms with van der Waals surface area (Å²) in [4.78, 5) is 13.0. The lowest BCUT2D eigenvalue weighted by molar-refractivity contribution is 0.260. The van der Waals surface area contributed by atoms with Crippen LogP contribution in [-0.4, -0.2) is 280 Å². The molecule has 0 spiro atoms. The third-order valence-electron chi connectivity index (χ3n) is 28.8. The second-order valence-electron chi connectivity index (χ2n) is 38.7. The molecule has 5 aliphatic heterocycles. The Morgan fingerprint density at radius 3 is 0.906 bits per heavy atom. The highest BCUT2D eigenvalue weighted by molar-refractivity contribution is 6.26. The number of nitrogens with one attached hydrogen (secondary N) is 14. The van der Waals surface area contributed by atoms with Gasteiger partial charge in [-0.1, -0.05) is 249 Å². The fraction of sp³-hybridized carbons (Fsp3) is 0.429. The fourth-order valence-corrected chi connectivity index (χ4v) is 21.3. The van der Waals surface area contributed by atoms with Gasteiger partial charge in [0.25, 0.3) is 0 Å². The van der Waals surface area contributed by atoms with Crippen molar-refractivity contribution in [3.8, 4) is 0 Å². The van der Waals surface area contributed by atoms with E-state index >= 15 is 0 Å². The van der Waals surface area contributed by atoms with Gasteiger partial charge in [-0.3, -0.25) is 19.6 Å². The van der Waals surface area contributed by atoms with Crippen LogP contribution < -0.4 is 74.4 Å². The molecule has 5 saturated heterocycles. The number of nitrogens with zero attached hydrogens (tertiary/aromatic N) is 5. The van der Waals surface area contributed by atoms with Crippen molar-refractivity contribution in [1.82, 2.24) is 98.9 Å². The molecular weight excluding hydrogens is 1700 g/mol. The van der Waals surface area contributed by atoms with Crippen LogP contribution in [0.5, 0.6) is 0 Å². The highest BCUT2D eigenvalue weighted by Crippen LogP contribution is 2.40. The molecule has 21 rings (SSSR count). The van der Waals surface area contributed by atoms with Crippen molar-refractivity contribution >= 4 is 118 Å². The largest absolute Gasteiger partial charge is 0.315 e. The average molecular weight is 1850 g/mol. The predicted octanol–water partition coefficient (Wildman–Crippen LogP) is 15.5. The molecule has 0 bridgehead atoms. The Morgan fingerprint density at radius 1 is 0.167 bits per heavy atom. The Bertz CT molecular complexity index is 6140. The smallest absolute Gasteiger partial charge is 0.0240 e. The molecule has 16 aromatic rings. The maximum absolute atomic E-state index is 3.64. The fourth-order valence-electron chi connectivity index (χ4n) is 21.3. The van der Waals surface area contributed by atoms with Crippen molar-refractivity contribution in [2.24, 2.45) is 0 Å². The number of unbranched alkanes of at least 4 members (excludes halogenated alkanes) is 1. The summed E-state index contributed by atoms with van der Waals surface area (Å²) in [5.74, 6) is 0. The number of hydrogen-bond donors (Lipinski definition) is 14. The summed E-state index contributed by atoms with van der Waals surface area (Å²) >= 11 is 0.